The molecule has 0 saturated carbocycles. The average molecular weight is 305 g/mol. The van der Waals surface area contributed by atoms with Crippen LogP contribution in [0.5, 0.6) is 0 Å². The van der Waals surface area contributed by atoms with Crippen LogP contribution in [0.1, 0.15) is 70.7 Å². The topological polar surface area (TPSA) is 20.3 Å². The molecular weight excluding hydrogens is 277 g/mol. The third-order valence-electron chi connectivity index (χ3n) is 5.07. The Morgan fingerprint density at radius 1 is 1.18 bits per heavy atom. The molecule has 1 atom stereocenters. The number of rotatable bonds is 4. The van der Waals surface area contributed by atoms with Gasteiger partial charge in [-0.3, -0.25) is 4.79 Å². The first-order valence-electron chi connectivity index (χ1n) is 8.23. The van der Waals surface area contributed by atoms with Crippen LogP contribution in [0, 0.1) is 11.2 Å². The highest BCUT2D eigenvalue weighted by atomic mass is 19.1. The summed E-state index contributed by atoms with van der Waals surface area (Å²) in [5, 5.41) is 0. The lowest BCUT2D eigenvalue weighted by Gasteiger charge is -2.36. The highest BCUT2D eigenvalue weighted by Gasteiger charge is 2.51. The van der Waals surface area contributed by atoms with Crippen LogP contribution in [0.4, 0.5) is 4.39 Å². The van der Waals surface area contributed by atoms with Crippen LogP contribution >= 0.6 is 0 Å². The van der Waals surface area contributed by atoms with Gasteiger partial charge in [0.1, 0.15) is 5.82 Å². The van der Waals surface area contributed by atoms with Gasteiger partial charge in [-0.2, -0.15) is 0 Å². The van der Waals surface area contributed by atoms with E-state index in [-0.39, 0.29) is 22.8 Å². The van der Waals surface area contributed by atoms with Crippen LogP contribution in [0.25, 0.3) is 0 Å². The monoisotopic (exact) mass is 305 g/mol. The molecule has 2 nitrogen and oxygen atoms in total. The first-order valence-corrected chi connectivity index (χ1v) is 8.23. The van der Waals surface area contributed by atoms with Crippen molar-refractivity contribution in [2.45, 2.75) is 72.4 Å². The molecule has 1 aliphatic rings. The fraction of sp³-hybridized carbons (Fsp3) is 0.632. The molecule has 0 aliphatic carbocycles. The van der Waals surface area contributed by atoms with E-state index in [1.54, 1.807) is 12.1 Å². The molecule has 22 heavy (non-hydrogen) atoms. The zero-order valence-corrected chi connectivity index (χ0v) is 14.7. The molecule has 1 aliphatic heterocycles. The zero-order valence-electron chi connectivity index (χ0n) is 14.7. The number of carbonyl (C=O) groups is 1. The van der Waals surface area contributed by atoms with Gasteiger partial charge in [-0.1, -0.05) is 27.7 Å². The molecule has 0 N–H and O–H groups in total. The van der Waals surface area contributed by atoms with Crippen LogP contribution in [0.3, 0.4) is 0 Å². The molecule has 0 bridgehead atoms. The predicted molar refractivity (Wildman–Crippen MR) is 88.3 cm³/mol. The second-order valence-electron chi connectivity index (χ2n) is 7.74. The predicted octanol–water partition coefficient (Wildman–Crippen LogP) is 4.66. The van der Waals surface area contributed by atoms with Crippen molar-refractivity contribution in [2.24, 2.45) is 5.41 Å². The molecule has 0 aromatic heterocycles. The Bertz CT molecular complexity index is 552. The number of benzene rings is 1. The number of hydrogen-bond donors (Lipinski definition) is 0. The Morgan fingerprint density at radius 2 is 1.68 bits per heavy atom. The Labute approximate surface area is 133 Å². The second kappa shape index (κ2) is 5.68. The summed E-state index contributed by atoms with van der Waals surface area (Å²) in [6.45, 7) is 12.8. The Kier molecular flexibility index (Phi) is 4.38. The number of halogens is 1. The fourth-order valence-corrected chi connectivity index (χ4v) is 4.43. The van der Waals surface area contributed by atoms with Gasteiger partial charge in [0.15, 0.2) is 0 Å². The van der Waals surface area contributed by atoms with E-state index in [0.717, 1.165) is 42.4 Å². The van der Waals surface area contributed by atoms with E-state index in [2.05, 4.69) is 41.5 Å². The number of nitrogens with zero attached hydrogens (tertiary/aromatic N) is 1. The highest BCUT2D eigenvalue weighted by Crippen LogP contribution is 2.54. The Morgan fingerprint density at radius 3 is 2.09 bits per heavy atom. The minimum absolute atomic E-state index is 0.00509. The minimum Gasteiger partial charge on any atom is -0.333 e. The number of carbonyl (C=O) groups excluding carboxylic acids is 1. The van der Waals surface area contributed by atoms with Crippen molar-refractivity contribution in [1.29, 1.82) is 0 Å². The van der Waals surface area contributed by atoms with Gasteiger partial charge >= 0.3 is 0 Å². The quantitative estimate of drug-likeness (QED) is 0.741. The summed E-state index contributed by atoms with van der Waals surface area (Å²) in [5.41, 5.74) is 3.00. The third-order valence-corrected chi connectivity index (χ3v) is 5.07. The van der Waals surface area contributed by atoms with Crippen LogP contribution in [-0.4, -0.2) is 16.8 Å². The van der Waals surface area contributed by atoms with Gasteiger partial charge in [0.25, 0.3) is 0 Å². The van der Waals surface area contributed by atoms with Crippen molar-refractivity contribution >= 4 is 6.41 Å². The van der Waals surface area contributed by atoms with Gasteiger partial charge in [-0.05, 0) is 67.3 Å². The van der Waals surface area contributed by atoms with Gasteiger partial charge in [0.2, 0.25) is 6.41 Å². The summed E-state index contributed by atoms with van der Waals surface area (Å²) in [7, 11) is 0. The van der Waals surface area contributed by atoms with Crippen molar-refractivity contribution in [1.82, 2.24) is 4.90 Å². The van der Waals surface area contributed by atoms with Crippen molar-refractivity contribution in [2.75, 3.05) is 0 Å². The standard InChI is InChI=1S/C19H28FNO/c1-7-13-9-15(20)10-14(8-2)16(13)17-18(3,4)11-19(5,6)21(17)12-22/h9-10,12,17H,7-8,11H2,1-6H3. The zero-order chi connectivity index (χ0) is 16.7. The number of aryl methyl sites for hydroxylation is 2. The molecule has 1 heterocycles. The van der Waals surface area contributed by atoms with Crippen molar-refractivity contribution in [3.05, 3.63) is 34.6 Å². The van der Waals surface area contributed by atoms with Crippen LogP contribution < -0.4 is 0 Å². The lowest BCUT2D eigenvalue weighted by atomic mass is 9.76. The maximum Gasteiger partial charge on any atom is 0.210 e. The summed E-state index contributed by atoms with van der Waals surface area (Å²) < 4.78 is 13.9. The van der Waals surface area contributed by atoms with E-state index in [4.69, 9.17) is 0 Å². The molecular formula is C19H28FNO. The summed E-state index contributed by atoms with van der Waals surface area (Å²) >= 11 is 0. The Hall–Kier alpha value is -1.38. The van der Waals surface area contributed by atoms with Crippen molar-refractivity contribution < 1.29 is 9.18 Å². The van der Waals surface area contributed by atoms with Gasteiger partial charge < -0.3 is 4.90 Å². The smallest absolute Gasteiger partial charge is 0.210 e. The summed E-state index contributed by atoms with van der Waals surface area (Å²) in [4.78, 5) is 13.8. The number of amides is 1. The number of hydrogen-bond acceptors (Lipinski definition) is 1. The molecule has 3 heteroatoms. The molecule has 1 unspecified atom stereocenters. The second-order valence-corrected chi connectivity index (χ2v) is 7.74. The Balaban J connectivity index is 2.70. The van der Waals surface area contributed by atoms with Gasteiger partial charge in [0, 0.05) is 5.54 Å². The normalized spacial score (nSPS) is 22.9. The average Bonchev–Trinajstić information content (AvgIpc) is 2.61. The van der Waals surface area contributed by atoms with E-state index in [1.165, 1.54) is 0 Å². The maximum atomic E-state index is 13.9. The summed E-state index contributed by atoms with van der Waals surface area (Å²) in [6, 6.07) is 3.28. The van der Waals surface area contributed by atoms with E-state index in [0.29, 0.717) is 0 Å². The van der Waals surface area contributed by atoms with Crippen molar-refractivity contribution in [3.8, 4) is 0 Å². The first kappa shape index (κ1) is 17.0. The van der Waals surface area contributed by atoms with Crippen molar-refractivity contribution in [3.63, 3.8) is 0 Å². The molecule has 1 fully saturated rings. The lowest BCUT2D eigenvalue weighted by Crippen LogP contribution is -2.39. The van der Waals surface area contributed by atoms with Gasteiger partial charge in [-0.25, -0.2) is 4.39 Å². The van der Waals surface area contributed by atoms with E-state index in [1.807, 2.05) is 4.90 Å². The molecule has 0 radical (unpaired) electrons. The largest absolute Gasteiger partial charge is 0.333 e. The van der Waals surface area contributed by atoms with E-state index in [9.17, 15) is 9.18 Å². The summed E-state index contributed by atoms with van der Waals surface area (Å²) in [5.74, 6) is -0.176. The number of likely N-dealkylation sites (tertiary alicyclic amines) is 1. The molecule has 1 saturated heterocycles. The maximum absolute atomic E-state index is 13.9. The molecule has 1 aromatic rings. The van der Waals surface area contributed by atoms with E-state index >= 15 is 0 Å². The SMILES string of the molecule is CCc1cc(F)cc(CC)c1C1N(C=O)C(C)(C)CC1(C)C. The first-order chi connectivity index (χ1) is 10.2. The van der Waals surface area contributed by atoms with Gasteiger partial charge in [-0.15, -0.1) is 0 Å². The highest BCUT2D eigenvalue weighted by molar-refractivity contribution is 5.54. The van der Waals surface area contributed by atoms with Crippen LogP contribution in [-0.2, 0) is 17.6 Å². The van der Waals surface area contributed by atoms with Crippen LogP contribution in [0.15, 0.2) is 12.1 Å². The third kappa shape index (κ3) is 2.66. The molecule has 1 aromatic carbocycles. The molecule has 2 rings (SSSR count). The molecule has 122 valence electrons. The van der Waals surface area contributed by atoms with Crippen LogP contribution in [0.2, 0.25) is 0 Å². The molecule has 0 spiro atoms. The lowest BCUT2D eigenvalue weighted by molar-refractivity contribution is -0.123. The fourth-order valence-electron chi connectivity index (χ4n) is 4.43. The summed E-state index contributed by atoms with van der Waals surface area (Å²) in [6.07, 6.45) is 3.47. The molecule has 1 amide bonds. The minimum atomic E-state index is -0.180. The van der Waals surface area contributed by atoms with E-state index < -0.39 is 0 Å². The van der Waals surface area contributed by atoms with Gasteiger partial charge in [0.05, 0.1) is 6.04 Å².